The van der Waals surface area contributed by atoms with Crippen LogP contribution in [-0.2, 0) is 13.0 Å². The topological polar surface area (TPSA) is 17.0 Å². The highest BCUT2D eigenvalue weighted by molar-refractivity contribution is 5.81. The van der Waals surface area contributed by atoms with Crippen molar-refractivity contribution in [1.82, 2.24) is 9.88 Å². The molecule has 2 nitrogen and oxygen atoms in total. The molecule has 0 aliphatic rings. The molecule has 1 aromatic carbocycles. The van der Waals surface area contributed by atoms with Crippen LogP contribution in [0.4, 0.5) is 0 Å². The zero-order valence-electron chi connectivity index (χ0n) is 9.46. The highest BCUT2D eigenvalue weighted by Gasteiger charge is 2.05. The number of hydrogen-bond donors (Lipinski definition) is 1. The van der Waals surface area contributed by atoms with Gasteiger partial charge in [0.1, 0.15) is 0 Å². The third-order valence-corrected chi connectivity index (χ3v) is 2.84. The van der Waals surface area contributed by atoms with E-state index < -0.39 is 0 Å². The van der Waals surface area contributed by atoms with Gasteiger partial charge in [0, 0.05) is 30.7 Å². The number of aromatic nitrogens is 1. The molecule has 1 N–H and O–H groups in total. The number of benzene rings is 1. The molecule has 0 saturated carbocycles. The van der Waals surface area contributed by atoms with Crippen molar-refractivity contribution < 1.29 is 0 Å². The van der Waals surface area contributed by atoms with E-state index in [1.54, 1.807) is 0 Å². The number of aryl methyl sites for hydroxylation is 1. The predicted octanol–water partition coefficient (Wildman–Crippen LogP) is 2.42. The van der Waals surface area contributed by atoms with Gasteiger partial charge in [-0.25, -0.2) is 0 Å². The first-order valence-electron chi connectivity index (χ1n) is 5.58. The van der Waals surface area contributed by atoms with E-state index in [-0.39, 0.29) is 0 Å². The molecule has 0 unspecified atom stereocenters. The van der Waals surface area contributed by atoms with Gasteiger partial charge in [-0.1, -0.05) is 18.2 Å². The van der Waals surface area contributed by atoms with Gasteiger partial charge in [-0.3, -0.25) is 0 Å². The average molecular weight is 202 g/mol. The average Bonchev–Trinajstić information content (AvgIpc) is 2.63. The van der Waals surface area contributed by atoms with Gasteiger partial charge in [-0.05, 0) is 31.5 Å². The molecule has 2 heteroatoms. The minimum Gasteiger partial charge on any atom is -0.345 e. The Morgan fingerprint density at radius 1 is 1.27 bits per heavy atom. The van der Waals surface area contributed by atoms with Crippen LogP contribution in [-0.4, -0.2) is 18.2 Å². The molecular weight excluding hydrogens is 184 g/mol. The van der Waals surface area contributed by atoms with E-state index in [4.69, 9.17) is 0 Å². The van der Waals surface area contributed by atoms with Gasteiger partial charge in [0.05, 0.1) is 0 Å². The fraction of sp³-hybridized carbons (Fsp3) is 0.385. The number of para-hydroxylation sites is 1. The molecule has 80 valence electrons. The van der Waals surface area contributed by atoms with Crippen molar-refractivity contribution in [2.45, 2.75) is 19.9 Å². The smallest absolute Gasteiger partial charge is 0.0482 e. The number of nitrogens with zero attached hydrogens (tertiary/aromatic N) is 1. The lowest BCUT2D eigenvalue weighted by Crippen LogP contribution is -2.12. The molecule has 1 aromatic heterocycles. The number of hydrogen-bond acceptors (Lipinski definition) is 1. The summed E-state index contributed by atoms with van der Waals surface area (Å²) in [5, 5.41) is 4.55. The molecule has 0 atom stereocenters. The molecule has 0 spiro atoms. The third-order valence-electron chi connectivity index (χ3n) is 2.84. The summed E-state index contributed by atoms with van der Waals surface area (Å²) >= 11 is 0. The lowest BCUT2D eigenvalue weighted by Gasteiger charge is -2.07. The first-order valence-corrected chi connectivity index (χ1v) is 5.58. The first kappa shape index (κ1) is 10.2. The summed E-state index contributed by atoms with van der Waals surface area (Å²) in [6.07, 6.45) is 1.10. The Hall–Kier alpha value is -1.28. The van der Waals surface area contributed by atoms with E-state index in [1.165, 1.54) is 16.6 Å². The van der Waals surface area contributed by atoms with Crippen molar-refractivity contribution >= 4 is 10.9 Å². The van der Waals surface area contributed by atoms with E-state index >= 15 is 0 Å². The molecule has 15 heavy (non-hydrogen) atoms. The van der Waals surface area contributed by atoms with Crippen LogP contribution in [0, 0.1) is 0 Å². The molecular formula is C13H18N2. The summed E-state index contributed by atoms with van der Waals surface area (Å²) in [6, 6.07) is 10.9. The minimum atomic E-state index is 1.04. The van der Waals surface area contributed by atoms with Crippen LogP contribution in [0.3, 0.4) is 0 Å². The molecule has 0 amide bonds. The Labute approximate surface area is 90.9 Å². The van der Waals surface area contributed by atoms with Crippen LogP contribution < -0.4 is 5.32 Å². The van der Waals surface area contributed by atoms with Crippen LogP contribution in [0.5, 0.6) is 0 Å². The van der Waals surface area contributed by atoms with Crippen LogP contribution >= 0.6 is 0 Å². The van der Waals surface area contributed by atoms with Gasteiger partial charge in [-0.2, -0.15) is 0 Å². The van der Waals surface area contributed by atoms with E-state index in [2.05, 4.69) is 47.1 Å². The zero-order chi connectivity index (χ0) is 10.7. The third kappa shape index (κ3) is 1.90. The molecule has 0 bridgehead atoms. The number of fused-ring (bicyclic) bond motifs is 1. The van der Waals surface area contributed by atoms with Gasteiger partial charge in [0.25, 0.3) is 0 Å². The van der Waals surface area contributed by atoms with E-state index in [0.29, 0.717) is 0 Å². The zero-order valence-corrected chi connectivity index (χ0v) is 9.46. The molecule has 1 heterocycles. The number of rotatable bonds is 4. The van der Waals surface area contributed by atoms with Crippen LogP contribution in [0.25, 0.3) is 10.9 Å². The van der Waals surface area contributed by atoms with Crippen molar-refractivity contribution in [2.24, 2.45) is 0 Å². The van der Waals surface area contributed by atoms with Crippen LogP contribution in [0.2, 0.25) is 0 Å². The Balaban J connectivity index is 2.44. The van der Waals surface area contributed by atoms with Crippen molar-refractivity contribution in [2.75, 3.05) is 13.6 Å². The van der Waals surface area contributed by atoms with Gasteiger partial charge in [0.2, 0.25) is 0 Å². The van der Waals surface area contributed by atoms with Crippen molar-refractivity contribution in [3.05, 3.63) is 36.0 Å². The van der Waals surface area contributed by atoms with Gasteiger partial charge >= 0.3 is 0 Å². The van der Waals surface area contributed by atoms with E-state index in [1.807, 2.05) is 7.05 Å². The van der Waals surface area contributed by atoms with Crippen LogP contribution in [0.15, 0.2) is 30.3 Å². The maximum Gasteiger partial charge on any atom is 0.0482 e. The van der Waals surface area contributed by atoms with Gasteiger partial charge in [-0.15, -0.1) is 0 Å². The highest BCUT2D eigenvalue weighted by Crippen LogP contribution is 2.19. The molecule has 2 rings (SSSR count). The normalized spacial score (nSPS) is 11.1. The monoisotopic (exact) mass is 202 g/mol. The van der Waals surface area contributed by atoms with Gasteiger partial charge < -0.3 is 9.88 Å². The quantitative estimate of drug-likeness (QED) is 0.805. The van der Waals surface area contributed by atoms with Crippen molar-refractivity contribution in [3.8, 4) is 0 Å². The summed E-state index contributed by atoms with van der Waals surface area (Å²) in [5.74, 6) is 0. The lowest BCUT2D eigenvalue weighted by atomic mass is 10.2. The molecule has 0 fully saturated rings. The van der Waals surface area contributed by atoms with E-state index in [9.17, 15) is 0 Å². The fourth-order valence-corrected chi connectivity index (χ4v) is 2.10. The Morgan fingerprint density at radius 2 is 2.07 bits per heavy atom. The van der Waals surface area contributed by atoms with Crippen LogP contribution in [0.1, 0.15) is 12.6 Å². The SMILES string of the molecule is CCn1c(CCNC)cc2ccccc21. The second kappa shape index (κ2) is 4.49. The maximum absolute atomic E-state index is 3.20. The molecule has 2 aromatic rings. The van der Waals surface area contributed by atoms with Gasteiger partial charge in [0.15, 0.2) is 0 Å². The molecule has 0 saturated heterocycles. The molecule has 0 aliphatic carbocycles. The summed E-state index contributed by atoms with van der Waals surface area (Å²) in [4.78, 5) is 0. The first-order chi connectivity index (χ1) is 7.36. The summed E-state index contributed by atoms with van der Waals surface area (Å²) in [7, 11) is 2.00. The molecule has 0 radical (unpaired) electrons. The Morgan fingerprint density at radius 3 is 2.80 bits per heavy atom. The molecule has 0 aliphatic heterocycles. The van der Waals surface area contributed by atoms with Crippen molar-refractivity contribution in [1.29, 1.82) is 0 Å². The van der Waals surface area contributed by atoms with Crippen molar-refractivity contribution in [3.63, 3.8) is 0 Å². The minimum absolute atomic E-state index is 1.04. The summed E-state index contributed by atoms with van der Waals surface area (Å²) in [6.45, 7) is 4.29. The lowest BCUT2D eigenvalue weighted by molar-refractivity contribution is 0.700. The predicted molar refractivity (Wildman–Crippen MR) is 65.2 cm³/mol. The largest absolute Gasteiger partial charge is 0.345 e. The number of nitrogens with one attached hydrogen (secondary N) is 1. The second-order valence-electron chi connectivity index (χ2n) is 3.79. The Kier molecular flexibility index (Phi) is 3.07. The number of likely N-dealkylation sites (N-methyl/N-ethyl adjacent to an activating group) is 1. The second-order valence-corrected chi connectivity index (χ2v) is 3.79. The Bertz CT molecular complexity index is 443. The van der Waals surface area contributed by atoms with E-state index in [0.717, 1.165) is 19.5 Å². The summed E-state index contributed by atoms with van der Waals surface area (Å²) < 4.78 is 2.40. The maximum atomic E-state index is 3.20. The fourth-order valence-electron chi connectivity index (χ4n) is 2.10. The summed E-state index contributed by atoms with van der Waals surface area (Å²) in [5.41, 5.74) is 2.78. The standard InChI is InChI=1S/C13H18N2/c1-3-15-12(8-9-14-2)10-11-6-4-5-7-13(11)15/h4-7,10,14H,3,8-9H2,1-2H3. The highest BCUT2D eigenvalue weighted by atomic mass is 15.0.